The fourth-order valence-electron chi connectivity index (χ4n) is 1.76. The zero-order valence-electron chi connectivity index (χ0n) is 8.06. The van der Waals surface area contributed by atoms with Crippen molar-refractivity contribution in [3.63, 3.8) is 0 Å². The van der Waals surface area contributed by atoms with E-state index in [2.05, 4.69) is 15.9 Å². The second kappa shape index (κ2) is 4.13. The molecule has 2 rings (SSSR count). The molecular weight excluding hydrogens is 301 g/mol. The van der Waals surface area contributed by atoms with Crippen LogP contribution in [0.15, 0.2) is 10.5 Å². The molecular formula is C10H10BrCl2NO. The van der Waals surface area contributed by atoms with Crippen molar-refractivity contribution in [1.82, 2.24) is 0 Å². The van der Waals surface area contributed by atoms with Crippen LogP contribution in [0.25, 0.3) is 0 Å². The molecule has 0 aliphatic carbocycles. The van der Waals surface area contributed by atoms with Crippen LogP contribution in [0.3, 0.4) is 0 Å². The van der Waals surface area contributed by atoms with Crippen LogP contribution in [0.2, 0.25) is 10.0 Å². The van der Waals surface area contributed by atoms with Crippen LogP contribution in [0.5, 0.6) is 5.75 Å². The second-order valence-corrected chi connectivity index (χ2v) is 5.13. The SMILES string of the molecule is CCC1Oc2c(Cl)cc(Br)c(Cl)c2C1N. The monoisotopic (exact) mass is 309 g/mol. The first-order valence-corrected chi connectivity index (χ1v) is 6.20. The molecule has 0 aromatic heterocycles. The standard InChI is InChI=1S/C10H10BrCl2NO/c1-2-6-9(14)7-8(13)4(11)3-5(12)10(7)15-6/h3,6,9H,2,14H2,1H3. The number of hydrogen-bond acceptors (Lipinski definition) is 2. The van der Waals surface area contributed by atoms with Crippen molar-refractivity contribution in [2.75, 3.05) is 0 Å². The van der Waals surface area contributed by atoms with Crippen LogP contribution in [0.1, 0.15) is 24.9 Å². The molecule has 2 N–H and O–H groups in total. The first kappa shape index (κ1) is 11.5. The van der Waals surface area contributed by atoms with Gasteiger partial charge in [-0.05, 0) is 28.4 Å². The van der Waals surface area contributed by atoms with Gasteiger partial charge >= 0.3 is 0 Å². The molecule has 15 heavy (non-hydrogen) atoms. The van der Waals surface area contributed by atoms with E-state index in [9.17, 15) is 0 Å². The van der Waals surface area contributed by atoms with Gasteiger partial charge in [-0.1, -0.05) is 30.1 Å². The van der Waals surface area contributed by atoms with Crippen molar-refractivity contribution in [1.29, 1.82) is 0 Å². The molecule has 1 heterocycles. The quantitative estimate of drug-likeness (QED) is 0.798. The molecule has 1 aromatic rings. The molecule has 1 aromatic carbocycles. The molecule has 0 saturated carbocycles. The average Bonchev–Trinajstić information content (AvgIpc) is 2.53. The third-order valence-corrected chi connectivity index (χ3v) is 4.11. The molecule has 82 valence electrons. The van der Waals surface area contributed by atoms with Crippen LogP contribution >= 0.6 is 39.1 Å². The molecule has 0 radical (unpaired) electrons. The highest BCUT2D eigenvalue weighted by atomic mass is 79.9. The minimum Gasteiger partial charge on any atom is -0.486 e. The van der Waals surface area contributed by atoms with E-state index in [-0.39, 0.29) is 12.1 Å². The summed E-state index contributed by atoms with van der Waals surface area (Å²) in [6.07, 6.45) is 0.796. The maximum Gasteiger partial charge on any atom is 0.144 e. The lowest BCUT2D eigenvalue weighted by Gasteiger charge is -2.12. The third kappa shape index (κ3) is 1.76. The van der Waals surface area contributed by atoms with Crippen LogP contribution in [-0.4, -0.2) is 6.10 Å². The Labute approximate surface area is 107 Å². The van der Waals surface area contributed by atoms with Crippen LogP contribution in [0, 0.1) is 0 Å². The molecule has 5 heteroatoms. The minimum atomic E-state index is -0.201. The number of fused-ring (bicyclic) bond motifs is 1. The first-order chi connectivity index (χ1) is 7.06. The Morgan fingerprint density at radius 2 is 2.20 bits per heavy atom. The molecule has 0 fully saturated rings. The maximum atomic E-state index is 6.16. The number of rotatable bonds is 1. The van der Waals surface area contributed by atoms with Crippen LogP contribution in [0.4, 0.5) is 0 Å². The molecule has 2 atom stereocenters. The Morgan fingerprint density at radius 1 is 1.53 bits per heavy atom. The summed E-state index contributed by atoms with van der Waals surface area (Å²) in [7, 11) is 0. The first-order valence-electron chi connectivity index (χ1n) is 4.65. The Bertz CT molecular complexity index is 411. The maximum absolute atomic E-state index is 6.16. The van der Waals surface area contributed by atoms with Crippen LogP contribution in [-0.2, 0) is 0 Å². The number of benzene rings is 1. The summed E-state index contributed by atoms with van der Waals surface area (Å²) < 4.78 is 6.43. The lowest BCUT2D eigenvalue weighted by Crippen LogP contribution is -2.24. The average molecular weight is 311 g/mol. The molecule has 0 bridgehead atoms. The summed E-state index contributed by atoms with van der Waals surface area (Å²) in [4.78, 5) is 0. The van der Waals surface area contributed by atoms with Gasteiger partial charge in [0.2, 0.25) is 0 Å². The lowest BCUT2D eigenvalue weighted by atomic mass is 10.0. The Morgan fingerprint density at radius 3 is 2.80 bits per heavy atom. The lowest BCUT2D eigenvalue weighted by molar-refractivity contribution is 0.202. The van der Waals surface area contributed by atoms with Gasteiger partial charge in [0.25, 0.3) is 0 Å². The summed E-state index contributed by atoms with van der Waals surface area (Å²) in [6.45, 7) is 2.02. The van der Waals surface area contributed by atoms with Gasteiger partial charge in [0.1, 0.15) is 11.9 Å². The van der Waals surface area contributed by atoms with Crippen LogP contribution < -0.4 is 10.5 Å². The molecule has 1 aliphatic heterocycles. The Hall–Kier alpha value is 0.0400. The fourth-order valence-corrected chi connectivity index (χ4v) is 2.86. The molecule has 1 aliphatic rings. The zero-order valence-corrected chi connectivity index (χ0v) is 11.2. The normalized spacial score (nSPS) is 23.8. The van der Waals surface area contributed by atoms with Gasteiger partial charge in [0.05, 0.1) is 16.1 Å². The van der Waals surface area contributed by atoms with Crippen molar-refractivity contribution < 1.29 is 4.74 Å². The summed E-state index contributed by atoms with van der Waals surface area (Å²) in [6, 6.07) is 1.53. The van der Waals surface area contributed by atoms with Gasteiger partial charge in [-0.3, -0.25) is 0 Å². The Kier molecular flexibility index (Phi) is 3.17. The van der Waals surface area contributed by atoms with Gasteiger partial charge in [-0.2, -0.15) is 0 Å². The Balaban J connectivity index is 2.58. The summed E-state index contributed by atoms with van der Waals surface area (Å²) in [5, 5.41) is 1.14. The largest absolute Gasteiger partial charge is 0.486 e. The van der Waals surface area contributed by atoms with Crippen molar-refractivity contribution in [3.8, 4) is 5.75 Å². The van der Waals surface area contributed by atoms with Crippen molar-refractivity contribution in [2.24, 2.45) is 5.73 Å². The summed E-state index contributed by atoms with van der Waals surface area (Å²) >= 11 is 15.6. The minimum absolute atomic E-state index is 0.0377. The van der Waals surface area contributed by atoms with E-state index in [1.807, 2.05) is 6.92 Å². The van der Waals surface area contributed by atoms with E-state index in [1.54, 1.807) is 6.07 Å². The molecule has 2 nitrogen and oxygen atoms in total. The molecule has 2 unspecified atom stereocenters. The summed E-state index contributed by atoms with van der Waals surface area (Å²) in [5.74, 6) is 0.629. The van der Waals surface area contributed by atoms with E-state index in [0.717, 1.165) is 16.5 Å². The predicted molar refractivity (Wildman–Crippen MR) is 65.8 cm³/mol. The fraction of sp³-hybridized carbons (Fsp3) is 0.400. The smallest absolute Gasteiger partial charge is 0.144 e. The number of hydrogen-bond donors (Lipinski definition) is 1. The van der Waals surface area contributed by atoms with E-state index >= 15 is 0 Å². The number of nitrogens with two attached hydrogens (primary N) is 1. The molecule has 0 saturated heterocycles. The van der Waals surface area contributed by atoms with E-state index in [0.29, 0.717) is 15.8 Å². The van der Waals surface area contributed by atoms with Gasteiger partial charge in [-0.15, -0.1) is 0 Å². The van der Waals surface area contributed by atoms with E-state index in [4.69, 9.17) is 33.7 Å². The predicted octanol–water partition coefficient (Wildman–Crippen LogP) is 3.93. The van der Waals surface area contributed by atoms with Gasteiger partial charge in [0.15, 0.2) is 0 Å². The van der Waals surface area contributed by atoms with Gasteiger partial charge in [0, 0.05) is 10.0 Å². The molecule has 0 spiro atoms. The molecule has 0 amide bonds. The second-order valence-electron chi connectivity index (χ2n) is 3.49. The highest BCUT2D eigenvalue weighted by Gasteiger charge is 2.34. The zero-order chi connectivity index (χ0) is 11.2. The highest BCUT2D eigenvalue weighted by molar-refractivity contribution is 9.10. The van der Waals surface area contributed by atoms with E-state index in [1.165, 1.54) is 0 Å². The number of halogens is 3. The topological polar surface area (TPSA) is 35.2 Å². The van der Waals surface area contributed by atoms with Crippen molar-refractivity contribution in [3.05, 3.63) is 26.1 Å². The summed E-state index contributed by atoms with van der Waals surface area (Å²) in [5.41, 5.74) is 6.86. The third-order valence-electron chi connectivity index (χ3n) is 2.57. The van der Waals surface area contributed by atoms with Crippen molar-refractivity contribution in [2.45, 2.75) is 25.5 Å². The van der Waals surface area contributed by atoms with Crippen molar-refractivity contribution >= 4 is 39.1 Å². The highest BCUT2D eigenvalue weighted by Crippen LogP contribution is 2.48. The van der Waals surface area contributed by atoms with E-state index < -0.39 is 0 Å². The number of ether oxygens (including phenoxy) is 1. The van der Waals surface area contributed by atoms with Gasteiger partial charge < -0.3 is 10.5 Å². The van der Waals surface area contributed by atoms with Gasteiger partial charge in [-0.25, -0.2) is 0 Å².